The number of alkyl halides is 1. The lowest BCUT2D eigenvalue weighted by Gasteiger charge is -2.14. The van der Waals surface area contributed by atoms with Gasteiger partial charge in [0.2, 0.25) is 11.9 Å². The number of anilines is 1. The van der Waals surface area contributed by atoms with Crippen molar-refractivity contribution < 1.29 is 4.79 Å². The van der Waals surface area contributed by atoms with Gasteiger partial charge in [-0.05, 0) is 24.1 Å². The van der Waals surface area contributed by atoms with Gasteiger partial charge in [0.05, 0.1) is 5.69 Å². The Labute approximate surface area is 139 Å². The lowest BCUT2D eigenvalue weighted by atomic mass is 10.1. The maximum absolute atomic E-state index is 12.1. The second-order valence-corrected chi connectivity index (χ2v) is 6.54. The molecular weight excluding hydrogens is 398 g/mol. The molecule has 3 rings (SSSR count). The summed E-state index contributed by atoms with van der Waals surface area (Å²) in [4.78, 5) is 22.5. The maximum atomic E-state index is 12.1. The van der Waals surface area contributed by atoms with Crippen molar-refractivity contribution in [2.24, 2.45) is 5.92 Å². The predicted molar refractivity (Wildman–Crippen MR) is 89.4 cm³/mol. The molecule has 2 heterocycles. The SMILES string of the molecule is O=C1CC(CBr)CN1c1nccc(-c2ccc(Br)cc2)n1. The number of rotatable bonds is 3. The molecule has 1 atom stereocenters. The van der Waals surface area contributed by atoms with Gasteiger partial charge >= 0.3 is 0 Å². The molecule has 0 saturated carbocycles. The summed E-state index contributed by atoms with van der Waals surface area (Å²) in [6, 6.07) is 9.78. The van der Waals surface area contributed by atoms with Crippen molar-refractivity contribution in [3.8, 4) is 11.3 Å². The van der Waals surface area contributed by atoms with Crippen LogP contribution in [0.15, 0.2) is 41.0 Å². The second-order valence-electron chi connectivity index (χ2n) is 4.98. The predicted octanol–water partition coefficient (Wildman–Crippen LogP) is 3.65. The molecular formula is C15H13Br2N3O. The zero-order chi connectivity index (χ0) is 14.8. The fraction of sp³-hybridized carbons (Fsp3) is 0.267. The van der Waals surface area contributed by atoms with E-state index in [0.717, 1.165) is 21.1 Å². The Morgan fingerprint density at radius 1 is 1.24 bits per heavy atom. The van der Waals surface area contributed by atoms with Crippen LogP contribution < -0.4 is 4.90 Å². The molecule has 1 aliphatic rings. The van der Waals surface area contributed by atoms with E-state index in [4.69, 9.17) is 0 Å². The summed E-state index contributed by atoms with van der Waals surface area (Å²) in [6.07, 6.45) is 2.26. The van der Waals surface area contributed by atoms with Crippen LogP contribution in [-0.2, 0) is 4.79 Å². The molecule has 2 aromatic rings. The van der Waals surface area contributed by atoms with Gasteiger partial charge in [-0.1, -0.05) is 44.0 Å². The molecule has 4 nitrogen and oxygen atoms in total. The van der Waals surface area contributed by atoms with Gasteiger partial charge < -0.3 is 0 Å². The minimum absolute atomic E-state index is 0.0902. The summed E-state index contributed by atoms with van der Waals surface area (Å²) >= 11 is 6.86. The monoisotopic (exact) mass is 409 g/mol. The van der Waals surface area contributed by atoms with Crippen LogP contribution in [0, 0.1) is 5.92 Å². The molecule has 0 aliphatic carbocycles. The Morgan fingerprint density at radius 2 is 2.00 bits per heavy atom. The molecule has 1 aliphatic heterocycles. The largest absolute Gasteiger partial charge is 0.280 e. The zero-order valence-electron chi connectivity index (χ0n) is 11.2. The van der Waals surface area contributed by atoms with E-state index in [1.807, 2.05) is 30.3 Å². The molecule has 1 aromatic carbocycles. The number of amides is 1. The second kappa shape index (κ2) is 6.23. The molecule has 108 valence electrons. The fourth-order valence-corrected chi connectivity index (χ4v) is 3.04. The molecule has 1 amide bonds. The lowest BCUT2D eigenvalue weighted by Crippen LogP contribution is -2.26. The lowest BCUT2D eigenvalue weighted by molar-refractivity contribution is -0.117. The average Bonchev–Trinajstić information content (AvgIpc) is 2.89. The summed E-state index contributed by atoms with van der Waals surface area (Å²) in [5, 5.41) is 0.821. The van der Waals surface area contributed by atoms with Crippen LogP contribution in [0.2, 0.25) is 0 Å². The first-order valence-electron chi connectivity index (χ1n) is 6.62. The van der Waals surface area contributed by atoms with Gasteiger partial charge in [0.1, 0.15) is 0 Å². The summed E-state index contributed by atoms with van der Waals surface area (Å²) in [5.41, 5.74) is 1.83. The molecule has 1 fully saturated rings. The third-order valence-corrected chi connectivity index (χ3v) is 4.89. The van der Waals surface area contributed by atoms with Crippen LogP contribution in [0.3, 0.4) is 0 Å². The third-order valence-electron chi connectivity index (χ3n) is 3.45. The van der Waals surface area contributed by atoms with Crippen molar-refractivity contribution in [2.75, 3.05) is 16.8 Å². The minimum Gasteiger partial charge on any atom is -0.280 e. The number of carbonyl (C=O) groups is 1. The van der Waals surface area contributed by atoms with Crippen molar-refractivity contribution >= 4 is 43.7 Å². The van der Waals surface area contributed by atoms with Gasteiger partial charge in [-0.3, -0.25) is 9.69 Å². The highest BCUT2D eigenvalue weighted by Gasteiger charge is 2.31. The Balaban J connectivity index is 1.90. The maximum Gasteiger partial charge on any atom is 0.232 e. The quantitative estimate of drug-likeness (QED) is 0.725. The molecule has 6 heteroatoms. The number of aromatic nitrogens is 2. The van der Waals surface area contributed by atoms with Gasteiger partial charge in [0.25, 0.3) is 0 Å². The smallest absolute Gasteiger partial charge is 0.232 e. The summed E-state index contributed by atoms with van der Waals surface area (Å²) in [6.45, 7) is 0.674. The van der Waals surface area contributed by atoms with Crippen molar-refractivity contribution in [3.05, 3.63) is 41.0 Å². The van der Waals surface area contributed by atoms with E-state index in [0.29, 0.717) is 24.8 Å². The van der Waals surface area contributed by atoms with Crippen LogP contribution in [0.5, 0.6) is 0 Å². The normalized spacial score (nSPS) is 18.3. The van der Waals surface area contributed by atoms with E-state index in [2.05, 4.69) is 41.8 Å². The van der Waals surface area contributed by atoms with Gasteiger partial charge in [0, 0.05) is 34.5 Å². The summed E-state index contributed by atoms with van der Waals surface area (Å²) in [7, 11) is 0. The summed E-state index contributed by atoms with van der Waals surface area (Å²) < 4.78 is 1.02. The minimum atomic E-state index is 0.0902. The fourth-order valence-electron chi connectivity index (χ4n) is 2.34. The number of hydrogen-bond acceptors (Lipinski definition) is 3. The van der Waals surface area contributed by atoms with E-state index in [-0.39, 0.29) is 5.91 Å². The van der Waals surface area contributed by atoms with Crippen LogP contribution in [0.4, 0.5) is 5.95 Å². The van der Waals surface area contributed by atoms with Crippen molar-refractivity contribution in [1.82, 2.24) is 9.97 Å². The van der Waals surface area contributed by atoms with Crippen molar-refractivity contribution in [1.29, 1.82) is 0 Å². The van der Waals surface area contributed by atoms with E-state index in [9.17, 15) is 4.79 Å². The molecule has 1 aromatic heterocycles. The zero-order valence-corrected chi connectivity index (χ0v) is 14.3. The van der Waals surface area contributed by atoms with Crippen molar-refractivity contribution in [2.45, 2.75) is 6.42 Å². The highest BCUT2D eigenvalue weighted by atomic mass is 79.9. The third kappa shape index (κ3) is 3.16. The molecule has 0 spiro atoms. The van der Waals surface area contributed by atoms with Gasteiger partial charge in [-0.2, -0.15) is 0 Å². The van der Waals surface area contributed by atoms with Gasteiger partial charge in [-0.15, -0.1) is 0 Å². The number of halogens is 2. The molecule has 1 unspecified atom stereocenters. The molecule has 1 saturated heterocycles. The van der Waals surface area contributed by atoms with E-state index in [1.54, 1.807) is 11.1 Å². The topological polar surface area (TPSA) is 46.1 Å². The molecule has 0 radical (unpaired) electrons. The molecule has 0 bridgehead atoms. The van der Waals surface area contributed by atoms with E-state index in [1.165, 1.54) is 0 Å². The summed E-state index contributed by atoms with van der Waals surface area (Å²) in [5.74, 6) is 0.911. The Kier molecular flexibility index (Phi) is 4.35. The van der Waals surface area contributed by atoms with Gasteiger partial charge in [0.15, 0.2) is 0 Å². The Hall–Kier alpha value is -1.27. The highest BCUT2D eigenvalue weighted by molar-refractivity contribution is 9.10. The number of carbonyl (C=O) groups excluding carboxylic acids is 1. The average molecular weight is 411 g/mol. The first-order valence-corrected chi connectivity index (χ1v) is 8.54. The molecule has 0 N–H and O–H groups in total. The van der Waals surface area contributed by atoms with Crippen LogP contribution in [-0.4, -0.2) is 27.7 Å². The van der Waals surface area contributed by atoms with E-state index < -0.39 is 0 Å². The van der Waals surface area contributed by atoms with Gasteiger partial charge in [-0.25, -0.2) is 9.97 Å². The number of nitrogens with zero attached hydrogens (tertiary/aromatic N) is 3. The van der Waals surface area contributed by atoms with Crippen LogP contribution >= 0.6 is 31.9 Å². The number of benzene rings is 1. The molecule has 21 heavy (non-hydrogen) atoms. The standard InChI is InChI=1S/C15H13Br2N3O/c16-8-10-7-14(21)20(9-10)15-18-6-5-13(19-15)11-1-3-12(17)4-2-11/h1-6,10H,7-9H2. The Bertz CT molecular complexity index is 660. The highest BCUT2D eigenvalue weighted by Crippen LogP contribution is 2.26. The first-order chi connectivity index (χ1) is 10.2. The first kappa shape index (κ1) is 14.7. The van der Waals surface area contributed by atoms with Crippen LogP contribution in [0.25, 0.3) is 11.3 Å². The van der Waals surface area contributed by atoms with Crippen LogP contribution in [0.1, 0.15) is 6.42 Å². The Morgan fingerprint density at radius 3 is 2.67 bits per heavy atom. The van der Waals surface area contributed by atoms with Crippen molar-refractivity contribution in [3.63, 3.8) is 0 Å². The number of hydrogen-bond donors (Lipinski definition) is 0. The van der Waals surface area contributed by atoms with E-state index >= 15 is 0 Å².